The first-order valence-electron chi connectivity index (χ1n) is 7.32. The molecule has 1 aromatic carbocycles. The van der Waals surface area contributed by atoms with Gasteiger partial charge in [-0.2, -0.15) is 13.2 Å². The van der Waals surface area contributed by atoms with Crippen LogP contribution in [0.4, 0.5) is 13.2 Å². The Morgan fingerprint density at radius 3 is 2.22 bits per heavy atom. The Morgan fingerprint density at radius 1 is 1.22 bits per heavy atom. The van der Waals surface area contributed by atoms with Crippen molar-refractivity contribution in [2.24, 2.45) is 11.1 Å². The lowest BCUT2D eigenvalue weighted by Gasteiger charge is -2.33. The summed E-state index contributed by atoms with van der Waals surface area (Å²) >= 11 is 0. The topological polar surface area (TPSA) is 46.3 Å². The number of nitrogens with zero attached hydrogens (tertiary/aromatic N) is 1. The summed E-state index contributed by atoms with van der Waals surface area (Å²) in [4.78, 5) is 14.0. The molecule has 0 spiro atoms. The smallest absolute Gasteiger partial charge is 0.341 e. The average molecular weight is 353 g/mol. The van der Waals surface area contributed by atoms with Crippen molar-refractivity contribution in [3.8, 4) is 0 Å². The third-order valence-electron chi connectivity index (χ3n) is 4.22. The van der Waals surface area contributed by atoms with E-state index in [4.69, 9.17) is 5.73 Å². The Labute approximate surface area is 141 Å². The third kappa shape index (κ3) is 5.11. The summed E-state index contributed by atoms with van der Waals surface area (Å²) in [5, 5.41) is 0. The van der Waals surface area contributed by atoms with E-state index >= 15 is 0 Å². The molecule has 132 valence electrons. The zero-order valence-corrected chi connectivity index (χ0v) is 14.4. The fourth-order valence-corrected chi connectivity index (χ4v) is 2.52. The Hall–Kier alpha value is -1.27. The minimum atomic E-state index is -4.38. The Bertz CT molecular complexity index is 508. The van der Waals surface area contributed by atoms with E-state index in [0.29, 0.717) is 18.4 Å². The Kier molecular flexibility index (Phi) is 8.07. The fraction of sp³-hybridized carbons (Fsp3) is 0.562. The van der Waals surface area contributed by atoms with Crippen LogP contribution in [0, 0.1) is 5.41 Å². The van der Waals surface area contributed by atoms with Crippen molar-refractivity contribution in [3.05, 3.63) is 35.4 Å². The van der Waals surface area contributed by atoms with Crippen LogP contribution in [-0.4, -0.2) is 24.4 Å². The minimum Gasteiger partial charge on any atom is -0.341 e. The molecule has 0 aliphatic rings. The number of benzene rings is 1. The second kappa shape index (κ2) is 8.55. The number of hydrogen-bond acceptors (Lipinski definition) is 2. The van der Waals surface area contributed by atoms with Crippen LogP contribution in [0.25, 0.3) is 0 Å². The molecule has 0 aromatic heterocycles. The zero-order valence-electron chi connectivity index (χ0n) is 13.6. The molecule has 0 aliphatic carbocycles. The first-order valence-corrected chi connectivity index (χ1v) is 7.32. The van der Waals surface area contributed by atoms with Gasteiger partial charge in [-0.05, 0) is 30.5 Å². The molecule has 1 rings (SSSR count). The van der Waals surface area contributed by atoms with Crippen LogP contribution in [0.2, 0.25) is 0 Å². The highest BCUT2D eigenvalue weighted by Crippen LogP contribution is 2.31. The summed E-state index contributed by atoms with van der Waals surface area (Å²) in [6.07, 6.45) is -3.18. The molecule has 0 radical (unpaired) electrons. The van der Waals surface area contributed by atoms with Gasteiger partial charge in [0.25, 0.3) is 0 Å². The summed E-state index contributed by atoms with van der Waals surface area (Å²) in [7, 11) is 1.60. The molecule has 7 heteroatoms. The number of alkyl halides is 3. The van der Waals surface area contributed by atoms with Gasteiger partial charge in [0.2, 0.25) is 5.91 Å². The van der Waals surface area contributed by atoms with Crippen molar-refractivity contribution in [2.75, 3.05) is 13.6 Å². The molecule has 23 heavy (non-hydrogen) atoms. The van der Waals surface area contributed by atoms with Gasteiger partial charge >= 0.3 is 6.18 Å². The number of nitrogens with two attached hydrogens (primary N) is 1. The van der Waals surface area contributed by atoms with Crippen LogP contribution in [0.3, 0.4) is 0 Å². The highest BCUT2D eigenvalue weighted by Gasteiger charge is 2.36. The van der Waals surface area contributed by atoms with E-state index in [0.717, 1.165) is 12.1 Å². The highest BCUT2D eigenvalue weighted by molar-refractivity contribution is 5.85. The van der Waals surface area contributed by atoms with Crippen LogP contribution in [-0.2, 0) is 17.5 Å². The molecule has 0 saturated heterocycles. The Balaban J connectivity index is 0.00000484. The lowest BCUT2D eigenvalue weighted by molar-refractivity contribution is -0.141. The second-order valence-electron chi connectivity index (χ2n) is 5.55. The highest BCUT2D eigenvalue weighted by atomic mass is 35.5. The first-order chi connectivity index (χ1) is 10.2. The molecule has 2 N–H and O–H groups in total. The molecule has 3 nitrogen and oxygen atoms in total. The molecule has 0 unspecified atom stereocenters. The lowest BCUT2D eigenvalue weighted by atomic mass is 9.81. The predicted octanol–water partition coefficient (Wildman–Crippen LogP) is 3.85. The van der Waals surface area contributed by atoms with Crippen molar-refractivity contribution >= 4 is 18.3 Å². The van der Waals surface area contributed by atoms with Crippen molar-refractivity contribution in [3.63, 3.8) is 0 Å². The van der Waals surface area contributed by atoms with Gasteiger partial charge in [-0.15, -0.1) is 12.4 Å². The van der Waals surface area contributed by atoms with E-state index in [1.165, 1.54) is 11.0 Å². The molecule has 0 fully saturated rings. The number of amides is 1. The molecule has 0 heterocycles. The van der Waals surface area contributed by atoms with E-state index < -0.39 is 17.2 Å². The van der Waals surface area contributed by atoms with E-state index in [-0.39, 0.29) is 31.4 Å². The molecular formula is C16H24ClF3N2O. The van der Waals surface area contributed by atoms with Gasteiger partial charge in [0.05, 0.1) is 11.0 Å². The number of hydrogen-bond donors (Lipinski definition) is 1. The van der Waals surface area contributed by atoms with Gasteiger partial charge in [0.1, 0.15) is 0 Å². The normalized spacial score (nSPS) is 11.8. The molecular weight excluding hydrogens is 329 g/mol. The molecule has 1 amide bonds. The van der Waals surface area contributed by atoms with Crippen LogP contribution in [0.1, 0.15) is 37.8 Å². The van der Waals surface area contributed by atoms with E-state index in [1.807, 2.05) is 13.8 Å². The van der Waals surface area contributed by atoms with Gasteiger partial charge in [-0.25, -0.2) is 0 Å². The summed E-state index contributed by atoms with van der Waals surface area (Å²) in [6, 6.07) is 5.03. The third-order valence-corrected chi connectivity index (χ3v) is 4.22. The van der Waals surface area contributed by atoms with Crippen LogP contribution >= 0.6 is 12.4 Å². The summed E-state index contributed by atoms with van der Waals surface area (Å²) in [5.41, 5.74) is 4.84. The minimum absolute atomic E-state index is 0. The number of halogens is 4. The van der Waals surface area contributed by atoms with E-state index in [9.17, 15) is 18.0 Å². The molecule has 0 bridgehead atoms. The SMILES string of the molecule is CCC(CC)(CN)C(=O)N(C)Cc1cccc(C(F)(F)F)c1.Cl. The number of carbonyl (C=O) groups is 1. The summed E-state index contributed by atoms with van der Waals surface area (Å²) in [6.45, 7) is 4.15. The molecule has 1 aromatic rings. The number of rotatable bonds is 6. The van der Waals surface area contributed by atoms with E-state index in [2.05, 4.69) is 0 Å². The quantitative estimate of drug-likeness (QED) is 0.845. The Morgan fingerprint density at radius 2 is 1.78 bits per heavy atom. The fourth-order valence-electron chi connectivity index (χ4n) is 2.52. The number of carbonyl (C=O) groups excluding carboxylic acids is 1. The van der Waals surface area contributed by atoms with Gasteiger partial charge < -0.3 is 10.6 Å². The summed E-state index contributed by atoms with van der Waals surface area (Å²) < 4.78 is 38.2. The van der Waals surface area contributed by atoms with Crippen molar-refractivity contribution in [1.82, 2.24) is 4.90 Å². The van der Waals surface area contributed by atoms with E-state index in [1.54, 1.807) is 13.1 Å². The standard InChI is InChI=1S/C16H23F3N2O.ClH/c1-4-15(5-2,11-20)14(22)21(3)10-12-7-6-8-13(9-12)16(17,18)19;/h6-9H,4-5,10-11,20H2,1-3H3;1H. The van der Waals surface area contributed by atoms with Crippen molar-refractivity contribution < 1.29 is 18.0 Å². The zero-order chi connectivity index (χ0) is 17.0. The average Bonchev–Trinajstić information content (AvgIpc) is 2.48. The summed E-state index contributed by atoms with van der Waals surface area (Å²) in [5.74, 6) is -0.127. The molecule has 0 aliphatic heterocycles. The maximum absolute atomic E-state index is 12.7. The largest absolute Gasteiger partial charge is 0.416 e. The van der Waals surface area contributed by atoms with Gasteiger partial charge in [-0.3, -0.25) is 4.79 Å². The van der Waals surface area contributed by atoms with Crippen LogP contribution in [0.15, 0.2) is 24.3 Å². The monoisotopic (exact) mass is 352 g/mol. The predicted molar refractivity (Wildman–Crippen MR) is 87.2 cm³/mol. The first kappa shape index (κ1) is 21.7. The maximum atomic E-state index is 12.7. The van der Waals surface area contributed by atoms with Gasteiger partial charge in [0, 0.05) is 20.1 Å². The molecule has 0 saturated carbocycles. The molecule has 0 atom stereocenters. The van der Waals surface area contributed by atoms with Gasteiger partial charge in [0.15, 0.2) is 0 Å². The lowest BCUT2D eigenvalue weighted by Crippen LogP contribution is -2.45. The maximum Gasteiger partial charge on any atom is 0.416 e. The van der Waals surface area contributed by atoms with Crippen molar-refractivity contribution in [2.45, 2.75) is 39.4 Å². The van der Waals surface area contributed by atoms with Crippen LogP contribution in [0.5, 0.6) is 0 Å². The van der Waals surface area contributed by atoms with Crippen molar-refractivity contribution in [1.29, 1.82) is 0 Å². The van der Waals surface area contributed by atoms with Crippen LogP contribution < -0.4 is 5.73 Å². The van der Waals surface area contributed by atoms with Gasteiger partial charge in [-0.1, -0.05) is 26.0 Å². The second-order valence-corrected chi connectivity index (χ2v) is 5.55.